The van der Waals surface area contributed by atoms with Gasteiger partial charge in [0.25, 0.3) is 5.56 Å². The van der Waals surface area contributed by atoms with Crippen LogP contribution in [-0.4, -0.2) is 30.7 Å². The summed E-state index contributed by atoms with van der Waals surface area (Å²) in [5, 5.41) is 13.6. The first-order valence-corrected chi connectivity index (χ1v) is 8.60. The maximum absolute atomic E-state index is 12.4. The molecule has 4 rings (SSSR count). The second-order valence-corrected chi connectivity index (χ2v) is 6.28. The number of rotatable bonds is 5. The lowest BCUT2D eigenvalue weighted by Gasteiger charge is -2.10. The maximum Gasteiger partial charge on any atom is 0.341 e. The van der Waals surface area contributed by atoms with Crippen LogP contribution in [0.5, 0.6) is 5.75 Å². The van der Waals surface area contributed by atoms with Gasteiger partial charge >= 0.3 is 5.97 Å². The third-order valence-electron chi connectivity index (χ3n) is 3.99. The largest absolute Gasteiger partial charge is 0.486 e. The predicted molar refractivity (Wildman–Crippen MR) is 102 cm³/mol. The van der Waals surface area contributed by atoms with Gasteiger partial charge < -0.3 is 14.8 Å². The van der Waals surface area contributed by atoms with Crippen LogP contribution >= 0.6 is 11.6 Å². The highest BCUT2D eigenvalue weighted by Gasteiger charge is 2.16. The van der Waals surface area contributed by atoms with Crippen molar-refractivity contribution in [3.05, 3.63) is 81.2 Å². The molecule has 0 aliphatic rings. The van der Waals surface area contributed by atoms with E-state index in [0.29, 0.717) is 11.5 Å². The van der Waals surface area contributed by atoms with Crippen LogP contribution in [0.3, 0.4) is 0 Å². The molecular formula is C19H13ClN4O4. The van der Waals surface area contributed by atoms with Crippen molar-refractivity contribution in [3.63, 3.8) is 0 Å². The lowest BCUT2D eigenvalue weighted by Crippen LogP contribution is -2.17. The molecule has 2 aromatic heterocycles. The number of H-pyrrole nitrogens is 1. The third-order valence-corrected chi connectivity index (χ3v) is 4.31. The van der Waals surface area contributed by atoms with Crippen molar-refractivity contribution in [3.8, 4) is 17.1 Å². The van der Waals surface area contributed by atoms with E-state index >= 15 is 0 Å². The summed E-state index contributed by atoms with van der Waals surface area (Å²) in [6, 6.07) is 15.1. The monoisotopic (exact) mass is 396 g/mol. The Balaban J connectivity index is 1.65. The molecule has 0 bridgehead atoms. The Morgan fingerprint density at radius 3 is 2.71 bits per heavy atom. The summed E-state index contributed by atoms with van der Waals surface area (Å²) >= 11 is 5.93. The maximum atomic E-state index is 12.4. The molecule has 0 saturated carbocycles. The zero-order chi connectivity index (χ0) is 19.7. The fourth-order valence-electron chi connectivity index (χ4n) is 2.71. The van der Waals surface area contributed by atoms with Gasteiger partial charge in [0.2, 0.25) is 5.78 Å². The van der Waals surface area contributed by atoms with Crippen molar-refractivity contribution in [2.24, 2.45) is 0 Å². The van der Waals surface area contributed by atoms with Crippen LogP contribution in [0.4, 0.5) is 0 Å². The summed E-state index contributed by atoms with van der Waals surface area (Å²) in [4.78, 5) is 31.1. The Hall–Kier alpha value is -3.65. The van der Waals surface area contributed by atoms with E-state index in [2.05, 4.69) is 15.1 Å². The molecule has 0 unspecified atom stereocenters. The van der Waals surface area contributed by atoms with Gasteiger partial charge in [0, 0.05) is 11.6 Å². The van der Waals surface area contributed by atoms with Gasteiger partial charge in [-0.15, -0.1) is 5.10 Å². The van der Waals surface area contributed by atoms with Crippen LogP contribution < -0.4 is 10.3 Å². The lowest BCUT2D eigenvalue weighted by molar-refractivity contribution is 0.0692. The first-order valence-electron chi connectivity index (χ1n) is 8.22. The summed E-state index contributed by atoms with van der Waals surface area (Å²) in [7, 11) is 0. The number of carbonyl (C=O) groups is 1. The Kier molecular flexibility index (Phi) is 4.54. The molecular weight excluding hydrogens is 384 g/mol. The number of aromatic amines is 1. The molecule has 0 atom stereocenters. The molecule has 2 aromatic carbocycles. The zero-order valence-corrected chi connectivity index (χ0v) is 15.1. The van der Waals surface area contributed by atoms with Crippen LogP contribution in [0, 0.1) is 0 Å². The summed E-state index contributed by atoms with van der Waals surface area (Å²) < 4.78 is 6.73. The summed E-state index contributed by atoms with van der Waals surface area (Å²) in [6.45, 7) is -0.0696. The van der Waals surface area contributed by atoms with Crippen molar-refractivity contribution in [1.82, 2.24) is 19.6 Å². The van der Waals surface area contributed by atoms with Gasteiger partial charge in [-0.1, -0.05) is 48.0 Å². The van der Waals surface area contributed by atoms with E-state index in [1.165, 1.54) is 18.2 Å². The second kappa shape index (κ2) is 7.16. The fourth-order valence-corrected chi connectivity index (χ4v) is 2.96. The molecule has 2 heterocycles. The van der Waals surface area contributed by atoms with E-state index in [-0.39, 0.29) is 34.3 Å². The average molecular weight is 397 g/mol. The molecule has 0 aliphatic carbocycles. The number of nitrogens with zero attached hydrogens (tertiary/aromatic N) is 3. The number of benzene rings is 2. The highest BCUT2D eigenvalue weighted by molar-refractivity contribution is 6.33. The number of halogens is 1. The van der Waals surface area contributed by atoms with Gasteiger partial charge in [-0.3, -0.25) is 4.79 Å². The lowest BCUT2D eigenvalue weighted by atomic mass is 10.2. The van der Waals surface area contributed by atoms with E-state index in [1.807, 2.05) is 30.3 Å². The van der Waals surface area contributed by atoms with E-state index in [9.17, 15) is 14.7 Å². The van der Waals surface area contributed by atoms with Gasteiger partial charge in [-0.2, -0.15) is 9.50 Å². The van der Waals surface area contributed by atoms with Gasteiger partial charge in [0.1, 0.15) is 17.9 Å². The average Bonchev–Trinajstić information content (AvgIpc) is 3.11. The van der Waals surface area contributed by atoms with Crippen molar-refractivity contribution >= 4 is 23.3 Å². The molecule has 0 amide bonds. The number of hydrogen-bond donors (Lipinski definition) is 2. The van der Waals surface area contributed by atoms with Crippen LogP contribution in [0.15, 0.2) is 59.4 Å². The summed E-state index contributed by atoms with van der Waals surface area (Å²) in [5.41, 5.74) is 0.677. The Morgan fingerprint density at radius 2 is 1.96 bits per heavy atom. The van der Waals surface area contributed by atoms with Crippen LogP contribution in [0.2, 0.25) is 5.02 Å². The molecule has 0 radical (unpaired) electrons. The molecule has 8 nitrogen and oxygen atoms in total. The highest BCUT2D eigenvalue weighted by atomic mass is 35.5. The first-order chi connectivity index (χ1) is 13.5. The number of nitrogens with one attached hydrogen (secondary N) is 1. The predicted octanol–water partition coefficient (Wildman–Crippen LogP) is 3.02. The second-order valence-electron chi connectivity index (χ2n) is 5.88. The minimum atomic E-state index is -1.20. The number of aromatic nitrogens is 4. The molecule has 28 heavy (non-hydrogen) atoms. The van der Waals surface area contributed by atoms with E-state index in [0.717, 1.165) is 10.1 Å². The van der Waals surface area contributed by atoms with Crippen molar-refractivity contribution in [2.45, 2.75) is 6.61 Å². The smallest absolute Gasteiger partial charge is 0.341 e. The normalized spacial score (nSPS) is 10.9. The van der Waals surface area contributed by atoms with Crippen LogP contribution in [0.25, 0.3) is 17.2 Å². The number of aromatic carboxylic acids is 1. The van der Waals surface area contributed by atoms with Crippen LogP contribution in [0.1, 0.15) is 16.1 Å². The number of carboxylic acid groups (broad SMARTS) is 1. The fraction of sp³-hybridized carbons (Fsp3) is 0.0526. The molecule has 9 heteroatoms. The standard InChI is InChI=1S/C19H13ClN4O4/c20-13-7-4-8-14(16(13)18(26)27)28-10-12-9-15(25)24-19(21-12)22-17(23-24)11-5-2-1-3-6-11/h1-9H,10H2,(H,26,27)(H,21,22,23). The molecule has 0 aliphatic heterocycles. The van der Waals surface area contributed by atoms with Crippen molar-refractivity contribution in [1.29, 1.82) is 0 Å². The number of carboxylic acids is 1. The van der Waals surface area contributed by atoms with Crippen molar-refractivity contribution < 1.29 is 14.6 Å². The van der Waals surface area contributed by atoms with E-state index < -0.39 is 5.97 Å². The first kappa shape index (κ1) is 17.7. The highest BCUT2D eigenvalue weighted by Crippen LogP contribution is 2.27. The van der Waals surface area contributed by atoms with E-state index in [1.54, 1.807) is 6.07 Å². The van der Waals surface area contributed by atoms with Gasteiger partial charge in [0.15, 0.2) is 5.82 Å². The molecule has 4 aromatic rings. The molecule has 0 spiro atoms. The molecule has 140 valence electrons. The number of ether oxygens (including phenoxy) is 1. The molecule has 0 saturated heterocycles. The molecule has 0 fully saturated rings. The molecule has 2 N–H and O–H groups in total. The van der Waals surface area contributed by atoms with Gasteiger partial charge in [0.05, 0.1) is 10.7 Å². The minimum absolute atomic E-state index is 0.0684. The third kappa shape index (κ3) is 3.33. The Labute approximate surface area is 163 Å². The number of hydrogen-bond acceptors (Lipinski definition) is 5. The van der Waals surface area contributed by atoms with Crippen molar-refractivity contribution in [2.75, 3.05) is 0 Å². The SMILES string of the molecule is O=C(O)c1c(Cl)cccc1OCc1cc(=O)n2nc(-c3ccccc3)nc2[nH]1. The quantitative estimate of drug-likeness (QED) is 0.536. The Bertz CT molecular complexity index is 1230. The Morgan fingerprint density at radius 1 is 1.18 bits per heavy atom. The topological polar surface area (TPSA) is 110 Å². The summed E-state index contributed by atoms with van der Waals surface area (Å²) in [6.07, 6.45) is 0. The van der Waals surface area contributed by atoms with Crippen LogP contribution in [-0.2, 0) is 6.61 Å². The minimum Gasteiger partial charge on any atom is -0.486 e. The summed E-state index contributed by atoms with van der Waals surface area (Å²) in [5.74, 6) is -0.425. The number of fused-ring (bicyclic) bond motifs is 1. The van der Waals surface area contributed by atoms with Gasteiger partial charge in [-0.25, -0.2) is 4.79 Å². The van der Waals surface area contributed by atoms with E-state index in [4.69, 9.17) is 16.3 Å². The van der Waals surface area contributed by atoms with Gasteiger partial charge in [-0.05, 0) is 12.1 Å². The zero-order valence-electron chi connectivity index (χ0n) is 14.3.